The van der Waals surface area contributed by atoms with Gasteiger partial charge in [0.2, 0.25) is 5.91 Å². The molecule has 1 aliphatic heterocycles. The van der Waals surface area contributed by atoms with Gasteiger partial charge in [0.25, 0.3) is 0 Å². The van der Waals surface area contributed by atoms with Crippen molar-refractivity contribution in [2.24, 2.45) is 0 Å². The molecule has 0 aromatic heterocycles. The predicted molar refractivity (Wildman–Crippen MR) is 61.3 cm³/mol. The first kappa shape index (κ1) is 13.4. The van der Waals surface area contributed by atoms with Gasteiger partial charge in [0.05, 0.1) is 19.3 Å². The van der Waals surface area contributed by atoms with E-state index in [1.165, 1.54) is 6.42 Å². The molecule has 2 N–H and O–H groups in total. The van der Waals surface area contributed by atoms with Crippen LogP contribution < -0.4 is 10.6 Å². The number of amides is 1. The number of ether oxygens (including phenoxy) is 2. The van der Waals surface area contributed by atoms with Crippen LogP contribution in [0, 0.1) is 0 Å². The highest BCUT2D eigenvalue weighted by Gasteiger charge is 2.13. The van der Waals surface area contributed by atoms with Crippen molar-refractivity contribution >= 4 is 5.91 Å². The molecule has 0 saturated carbocycles. The molecule has 1 aliphatic rings. The maximum Gasteiger partial charge on any atom is 0.234 e. The lowest BCUT2D eigenvalue weighted by molar-refractivity contribution is -0.120. The van der Waals surface area contributed by atoms with E-state index in [0.29, 0.717) is 19.7 Å². The van der Waals surface area contributed by atoms with Gasteiger partial charge < -0.3 is 20.1 Å². The number of nitrogens with one attached hydrogen (secondary N) is 2. The third-order valence-electron chi connectivity index (χ3n) is 2.56. The van der Waals surface area contributed by atoms with Crippen molar-refractivity contribution in [2.75, 3.05) is 40.0 Å². The van der Waals surface area contributed by atoms with Crippen molar-refractivity contribution in [1.29, 1.82) is 0 Å². The van der Waals surface area contributed by atoms with Gasteiger partial charge in [0, 0.05) is 26.8 Å². The Balaban J connectivity index is 1.94. The zero-order valence-electron chi connectivity index (χ0n) is 9.96. The second-order valence-corrected chi connectivity index (χ2v) is 3.96. The van der Waals surface area contributed by atoms with E-state index < -0.39 is 0 Å². The molecule has 5 heteroatoms. The van der Waals surface area contributed by atoms with Gasteiger partial charge in [-0.25, -0.2) is 0 Å². The van der Waals surface area contributed by atoms with Gasteiger partial charge in [-0.2, -0.15) is 0 Å². The number of hydrogen-bond acceptors (Lipinski definition) is 4. The second-order valence-electron chi connectivity index (χ2n) is 3.96. The average Bonchev–Trinajstić information content (AvgIpc) is 2.31. The molecule has 0 aliphatic carbocycles. The van der Waals surface area contributed by atoms with Crippen molar-refractivity contribution in [3.8, 4) is 0 Å². The molecule has 0 spiro atoms. The zero-order valence-corrected chi connectivity index (χ0v) is 9.96. The number of rotatable bonds is 7. The maximum absolute atomic E-state index is 11.3. The molecular weight excluding hydrogens is 208 g/mol. The Morgan fingerprint density at radius 2 is 2.38 bits per heavy atom. The minimum absolute atomic E-state index is 0.00728. The van der Waals surface area contributed by atoms with Crippen LogP contribution in [-0.4, -0.2) is 52.0 Å². The lowest BCUT2D eigenvalue weighted by Gasteiger charge is -2.22. The van der Waals surface area contributed by atoms with Crippen LogP contribution in [0.5, 0.6) is 0 Å². The quantitative estimate of drug-likeness (QED) is 0.600. The first-order chi connectivity index (χ1) is 7.83. The van der Waals surface area contributed by atoms with E-state index in [4.69, 9.17) is 9.47 Å². The highest BCUT2D eigenvalue weighted by atomic mass is 16.5. The summed E-state index contributed by atoms with van der Waals surface area (Å²) in [6, 6.07) is 0. The lowest BCUT2D eigenvalue weighted by Crippen LogP contribution is -2.39. The molecule has 1 unspecified atom stereocenters. The molecule has 0 radical (unpaired) electrons. The summed E-state index contributed by atoms with van der Waals surface area (Å²) in [5.74, 6) is 0.00728. The first-order valence-electron chi connectivity index (χ1n) is 5.91. The Morgan fingerprint density at radius 1 is 1.50 bits per heavy atom. The molecule has 1 saturated heterocycles. The molecule has 1 amide bonds. The van der Waals surface area contributed by atoms with E-state index in [2.05, 4.69) is 10.6 Å². The summed E-state index contributed by atoms with van der Waals surface area (Å²) in [7, 11) is 1.62. The van der Waals surface area contributed by atoms with Crippen LogP contribution in [0.1, 0.15) is 19.3 Å². The normalized spacial score (nSPS) is 20.7. The van der Waals surface area contributed by atoms with E-state index in [-0.39, 0.29) is 12.0 Å². The number of hydrogen-bond donors (Lipinski definition) is 2. The second kappa shape index (κ2) is 8.50. The summed E-state index contributed by atoms with van der Waals surface area (Å²) in [5, 5.41) is 5.86. The van der Waals surface area contributed by atoms with E-state index in [1.807, 2.05) is 0 Å². The smallest absolute Gasteiger partial charge is 0.234 e. The molecule has 16 heavy (non-hydrogen) atoms. The SMILES string of the molecule is COCCNC(=O)CNCC1CCCCO1. The van der Waals surface area contributed by atoms with Gasteiger partial charge in [-0.05, 0) is 19.3 Å². The van der Waals surface area contributed by atoms with Gasteiger partial charge in [-0.15, -0.1) is 0 Å². The number of carbonyl (C=O) groups is 1. The van der Waals surface area contributed by atoms with E-state index in [0.717, 1.165) is 26.0 Å². The molecule has 1 fully saturated rings. The molecule has 1 heterocycles. The maximum atomic E-state index is 11.3. The summed E-state index contributed by atoms with van der Waals surface area (Å²) in [6.45, 7) is 3.09. The van der Waals surface area contributed by atoms with Crippen LogP contribution in [0.2, 0.25) is 0 Å². The fourth-order valence-electron chi connectivity index (χ4n) is 1.67. The van der Waals surface area contributed by atoms with Crippen LogP contribution in [0.15, 0.2) is 0 Å². The Labute approximate surface area is 96.9 Å². The fraction of sp³-hybridized carbons (Fsp3) is 0.909. The minimum atomic E-state index is 0.00728. The van der Waals surface area contributed by atoms with Crippen LogP contribution in [0.25, 0.3) is 0 Å². The summed E-state index contributed by atoms with van der Waals surface area (Å²) in [6.07, 6.45) is 3.76. The van der Waals surface area contributed by atoms with Crippen molar-refractivity contribution in [3.05, 3.63) is 0 Å². The Bertz CT molecular complexity index is 194. The van der Waals surface area contributed by atoms with Gasteiger partial charge in [-0.3, -0.25) is 4.79 Å². The summed E-state index contributed by atoms with van der Waals surface area (Å²) >= 11 is 0. The zero-order chi connectivity index (χ0) is 11.6. The van der Waals surface area contributed by atoms with Crippen molar-refractivity contribution in [3.63, 3.8) is 0 Å². The molecular formula is C11H22N2O3. The van der Waals surface area contributed by atoms with Crippen LogP contribution in [0.3, 0.4) is 0 Å². The molecule has 0 bridgehead atoms. The molecule has 1 atom stereocenters. The Morgan fingerprint density at radius 3 is 3.06 bits per heavy atom. The average molecular weight is 230 g/mol. The largest absolute Gasteiger partial charge is 0.383 e. The van der Waals surface area contributed by atoms with Gasteiger partial charge >= 0.3 is 0 Å². The highest BCUT2D eigenvalue weighted by Crippen LogP contribution is 2.11. The lowest BCUT2D eigenvalue weighted by atomic mass is 10.1. The molecule has 0 aromatic carbocycles. The number of carbonyl (C=O) groups excluding carboxylic acids is 1. The van der Waals surface area contributed by atoms with Crippen molar-refractivity contribution in [2.45, 2.75) is 25.4 Å². The molecule has 94 valence electrons. The highest BCUT2D eigenvalue weighted by molar-refractivity contribution is 5.77. The topological polar surface area (TPSA) is 59.6 Å². The molecule has 1 rings (SSSR count). The molecule has 0 aromatic rings. The first-order valence-corrected chi connectivity index (χ1v) is 5.91. The summed E-state index contributed by atoms with van der Waals surface area (Å²) in [4.78, 5) is 11.3. The van der Waals surface area contributed by atoms with Gasteiger partial charge in [0.15, 0.2) is 0 Å². The van der Waals surface area contributed by atoms with E-state index >= 15 is 0 Å². The van der Waals surface area contributed by atoms with Gasteiger partial charge in [0.1, 0.15) is 0 Å². The fourth-order valence-corrected chi connectivity index (χ4v) is 1.67. The summed E-state index contributed by atoms with van der Waals surface area (Å²) < 4.78 is 10.4. The van der Waals surface area contributed by atoms with Crippen LogP contribution in [-0.2, 0) is 14.3 Å². The summed E-state index contributed by atoms with van der Waals surface area (Å²) in [5.41, 5.74) is 0. The van der Waals surface area contributed by atoms with Crippen LogP contribution in [0.4, 0.5) is 0 Å². The van der Waals surface area contributed by atoms with E-state index in [9.17, 15) is 4.79 Å². The third kappa shape index (κ3) is 6.05. The molecule has 5 nitrogen and oxygen atoms in total. The van der Waals surface area contributed by atoms with E-state index in [1.54, 1.807) is 7.11 Å². The van der Waals surface area contributed by atoms with Gasteiger partial charge in [-0.1, -0.05) is 0 Å². The van der Waals surface area contributed by atoms with Crippen LogP contribution >= 0.6 is 0 Å². The third-order valence-corrected chi connectivity index (χ3v) is 2.56. The monoisotopic (exact) mass is 230 g/mol. The standard InChI is InChI=1S/C11H22N2O3/c1-15-7-5-13-11(14)9-12-8-10-4-2-3-6-16-10/h10,12H,2-9H2,1H3,(H,13,14). The van der Waals surface area contributed by atoms with Crippen molar-refractivity contribution < 1.29 is 14.3 Å². The minimum Gasteiger partial charge on any atom is -0.383 e. The Kier molecular flexibility index (Phi) is 7.12. The van der Waals surface area contributed by atoms with Crippen molar-refractivity contribution in [1.82, 2.24) is 10.6 Å². The number of methoxy groups -OCH3 is 1. The predicted octanol–water partition coefficient (Wildman–Crippen LogP) is -0.0923. The Hall–Kier alpha value is -0.650.